The molecule has 2 atom stereocenters. The van der Waals surface area contributed by atoms with E-state index in [2.05, 4.69) is 0 Å². The lowest BCUT2D eigenvalue weighted by Crippen LogP contribution is -2.43. The highest BCUT2D eigenvalue weighted by Gasteiger charge is 2.44. The monoisotopic (exact) mass is 344 g/mol. The standard InChI is InChI=1S/C20H26NO4/c1-6-24-19(22)16-13(3)21(5)14(4)17(20(23)25-7-2)18(16)15-11-9-8-10-12-15/h8-13,17H,6-7H2,1-5H3/q+1. The molecule has 0 N–H and O–H groups in total. The maximum atomic E-state index is 12.7. The molecule has 0 spiro atoms. The van der Waals surface area contributed by atoms with Gasteiger partial charge in [-0.15, -0.1) is 0 Å². The average Bonchev–Trinajstić information content (AvgIpc) is 2.60. The number of nitrogens with zero attached hydrogens (tertiary/aromatic N) is 1. The van der Waals surface area contributed by atoms with Crippen LogP contribution in [0.3, 0.4) is 0 Å². The van der Waals surface area contributed by atoms with Gasteiger partial charge in [-0.05, 0) is 19.4 Å². The van der Waals surface area contributed by atoms with E-state index in [1.165, 1.54) is 0 Å². The van der Waals surface area contributed by atoms with E-state index in [1.807, 2.05) is 55.8 Å². The second kappa shape index (κ2) is 8.10. The SMILES string of the molecule is CCOC(=O)C1=C(c2ccccc2)C(C(=O)OCC)C(C)=[N+](C)C1C. The van der Waals surface area contributed by atoms with Crippen molar-refractivity contribution in [3.63, 3.8) is 0 Å². The number of hydrogen-bond donors (Lipinski definition) is 0. The van der Waals surface area contributed by atoms with Gasteiger partial charge >= 0.3 is 11.9 Å². The summed E-state index contributed by atoms with van der Waals surface area (Å²) < 4.78 is 12.5. The van der Waals surface area contributed by atoms with Crippen LogP contribution in [0.2, 0.25) is 0 Å². The minimum atomic E-state index is -0.622. The van der Waals surface area contributed by atoms with Crippen molar-refractivity contribution in [1.82, 2.24) is 0 Å². The van der Waals surface area contributed by atoms with Gasteiger partial charge in [0.05, 0.1) is 13.2 Å². The predicted molar refractivity (Wildman–Crippen MR) is 96.4 cm³/mol. The number of esters is 2. The van der Waals surface area contributed by atoms with Crippen LogP contribution in [0.25, 0.3) is 5.57 Å². The van der Waals surface area contributed by atoms with Crippen LogP contribution >= 0.6 is 0 Å². The average molecular weight is 344 g/mol. The Hall–Kier alpha value is -2.43. The molecule has 0 radical (unpaired) electrons. The number of carbonyl (C=O) groups excluding carboxylic acids is 2. The second-order valence-electron chi connectivity index (χ2n) is 6.03. The lowest BCUT2D eigenvalue weighted by Gasteiger charge is -2.28. The van der Waals surface area contributed by atoms with E-state index < -0.39 is 5.92 Å². The molecule has 0 saturated heterocycles. The van der Waals surface area contributed by atoms with Crippen molar-refractivity contribution in [2.75, 3.05) is 20.3 Å². The molecule has 0 aliphatic carbocycles. The zero-order valence-corrected chi connectivity index (χ0v) is 15.5. The van der Waals surface area contributed by atoms with Gasteiger partial charge in [-0.25, -0.2) is 9.37 Å². The number of benzene rings is 1. The molecule has 0 amide bonds. The molecule has 2 unspecified atom stereocenters. The van der Waals surface area contributed by atoms with E-state index in [9.17, 15) is 9.59 Å². The van der Waals surface area contributed by atoms with E-state index in [0.29, 0.717) is 17.8 Å². The first-order valence-electron chi connectivity index (χ1n) is 8.63. The molecular weight excluding hydrogens is 318 g/mol. The van der Waals surface area contributed by atoms with Crippen LogP contribution in [0.1, 0.15) is 33.3 Å². The molecule has 1 aliphatic rings. The summed E-state index contributed by atoms with van der Waals surface area (Å²) in [6.07, 6.45) is 0. The van der Waals surface area contributed by atoms with Gasteiger partial charge in [0.15, 0.2) is 17.7 Å². The van der Waals surface area contributed by atoms with Crippen molar-refractivity contribution >= 4 is 23.2 Å². The maximum Gasteiger partial charge on any atom is 0.341 e. The third kappa shape index (κ3) is 3.65. The molecule has 0 aromatic heterocycles. The van der Waals surface area contributed by atoms with Gasteiger partial charge in [0, 0.05) is 19.4 Å². The fraction of sp³-hybridized carbons (Fsp3) is 0.450. The molecule has 1 aromatic rings. The lowest BCUT2D eigenvalue weighted by atomic mass is 9.80. The van der Waals surface area contributed by atoms with E-state index in [1.54, 1.807) is 13.8 Å². The Morgan fingerprint density at radius 1 is 1.08 bits per heavy atom. The van der Waals surface area contributed by atoms with Gasteiger partial charge in [-0.2, -0.15) is 0 Å². The molecule has 25 heavy (non-hydrogen) atoms. The number of hydrogen-bond acceptors (Lipinski definition) is 4. The van der Waals surface area contributed by atoms with Crippen LogP contribution in [0.5, 0.6) is 0 Å². The minimum Gasteiger partial charge on any atom is -0.465 e. The van der Waals surface area contributed by atoms with Gasteiger partial charge in [0.25, 0.3) is 0 Å². The topological polar surface area (TPSA) is 55.6 Å². The molecule has 134 valence electrons. The number of likely N-dealkylation sites (N-methyl/N-ethyl adjacent to an activating group) is 1. The summed E-state index contributed by atoms with van der Waals surface area (Å²) in [6.45, 7) is 7.98. The fourth-order valence-electron chi connectivity index (χ4n) is 3.24. The molecular formula is C20H26NO4+. The highest BCUT2D eigenvalue weighted by molar-refractivity contribution is 6.15. The summed E-state index contributed by atoms with van der Waals surface area (Å²) >= 11 is 0. The van der Waals surface area contributed by atoms with Crippen molar-refractivity contribution in [2.45, 2.75) is 33.7 Å². The van der Waals surface area contributed by atoms with Crippen molar-refractivity contribution in [3.8, 4) is 0 Å². The molecule has 5 heteroatoms. The first kappa shape index (κ1) is 18.9. The number of carbonyl (C=O) groups is 2. The van der Waals surface area contributed by atoms with Gasteiger partial charge in [-0.1, -0.05) is 30.3 Å². The van der Waals surface area contributed by atoms with Crippen LogP contribution in [-0.2, 0) is 19.1 Å². The number of rotatable bonds is 5. The minimum absolute atomic E-state index is 0.195. The summed E-state index contributed by atoms with van der Waals surface area (Å²) in [5.41, 5.74) is 2.89. The third-order valence-electron chi connectivity index (χ3n) is 4.65. The second-order valence-corrected chi connectivity index (χ2v) is 6.03. The summed E-state index contributed by atoms with van der Waals surface area (Å²) in [5.74, 6) is -1.36. The highest BCUT2D eigenvalue weighted by Crippen LogP contribution is 2.35. The molecule has 0 bridgehead atoms. The van der Waals surface area contributed by atoms with Crippen LogP contribution in [-0.4, -0.2) is 48.5 Å². The maximum absolute atomic E-state index is 12.7. The van der Waals surface area contributed by atoms with E-state index in [4.69, 9.17) is 9.47 Å². The van der Waals surface area contributed by atoms with Gasteiger partial charge < -0.3 is 9.47 Å². The van der Waals surface area contributed by atoms with Crippen LogP contribution in [0.4, 0.5) is 0 Å². The quantitative estimate of drug-likeness (QED) is 0.609. The lowest BCUT2D eigenvalue weighted by molar-refractivity contribution is -0.527. The van der Waals surface area contributed by atoms with Crippen molar-refractivity contribution in [3.05, 3.63) is 41.5 Å². The Morgan fingerprint density at radius 2 is 1.68 bits per heavy atom. The molecule has 1 aliphatic heterocycles. The van der Waals surface area contributed by atoms with Gasteiger partial charge in [-0.3, -0.25) is 4.79 Å². The van der Waals surface area contributed by atoms with Gasteiger partial charge in [0.1, 0.15) is 12.6 Å². The fourth-order valence-corrected chi connectivity index (χ4v) is 3.24. The van der Waals surface area contributed by atoms with Crippen LogP contribution in [0, 0.1) is 5.92 Å². The zero-order chi connectivity index (χ0) is 18.6. The van der Waals surface area contributed by atoms with Crippen LogP contribution in [0.15, 0.2) is 35.9 Å². The molecule has 0 saturated carbocycles. The zero-order valence-electron chi connectivity index (χ0n) is 15.5. The first-order valence-corrected chi connectivity index (χ1v) is 8.63. The summed E-state index contributed by atoms with van der Waals surface area (Å²) in [7, 11) is 1.88. The molecule has 2 rings (SSSR count). The summed E-state index contributed by atoms with van der Waals surface area (Å²) in [5, 5.41) is 0. The molecule has 1 aromatic carbocycles. The van der Waals surface area contributed by atoms with Crippen LogP contribution < -0.4 is 0 Å². The Labute approximate surface area is 149 Å². The van der Waals surface area contributed by atoms with Crippen molar-refractivity contribution in [2.24, 2.45) is 5.92 Å². The Bertz CT molecular complexity index is 718. The molecule has 1 heterocycles. The third-order valence-corrected chi connectivity index (χ3v) is 4.65. The van der Waals surface area contributed by atoms with E-state index in [0.717, 1.165) is 11.3 Å². The molecule has 0 fully saturated rings. The highest BCUT2D eigenvalue weighted by atomic mass is 16.5. The largest absolute Gasteiger partial charge is 0.465 e. The Morgan fingerprint density at radius 3 is 2.24 bits per heavy atom. The Balaban J connectivity index is 2.72. The normalized spacial score (nSPS) is 20.5. The Kier molecular flexibility index (Phi) is 6.12. The smallest absolute Gasteiger partial charge is 0.341 e. The number of ether oxygens (including phenoxy) is 2. The van der Waals surface area contributed by atoms with Crippen molar-refractivity contribution in [1.29, 1.82) is 0 Å². The predicted octanol–water partition coefficient (Wildman–Crippen LogP) is 2.69. The van der Waals surface area contributed by atoms with Gasteiger partial charge in [0.2, 0.25) is 0 Å². The van der Waals surface area contributed by atoms with E-state index >= 15 is 0 Å². The summed E-state index contributed by atoms with van der Waals surface area (Å²) in [6, 6.07) is 9.32. The molecule has 5 nitrogen and oxygen atoms in total. The van der Waals surface area contributed by atoms with E-state index in [-0.39, 0.29) is 24.6 Å². The summed E-state index contributed by atoms with van der Waals surface area (Å²) in [4.78, 5) is 25.4. The first-order chi connectivity index (χ1) is 11.9. The van der Waals surface area contributed by atoms with Crippen molar-refractivity contribution < 1.29 is 23.6 Å².